The molecule has 0 saturated carbocycles. The fraction of sp³-hybridized carbons (Fsp3) is 0.455. The van der Waals surface area contributed by atoms with E-state index in [0.29, 0.717) is 12.3 Å². The Morgan fingerprint density at radius 2 is 2.20 bits per heavy atom. The second kappa shape index (κ2) is 5.71. The van der Waals surface area contributed by atoms with Gasteiger partial charge in [-0.05, 0) is 24.8 Å². The zero-order valence-electron chi connectivity index (χ0n) is 8.70. The van der Waals surface area contributed by atoms with Crippen molar-refractivity contribution in [2.24, 2.45) is 0 Å². The minimum Gasteiger partial charge on any atom is -0.258 e. The molecule has 0 aliphatic rings. The molecular formula is C11H14ClNO2. The van der Waals surface area contributed by atoms with Crippen LogP contribution in [-0.4, -0.2) is 10.8 Å². The molecule has 0 amide bonds. The summed E-state index contributed by atoms with van der Waals surface area (Å²) in [5.74, 6) is 0.587. The van der Waals surface area contributed by atoms with Crippen LogP contribution in [0.15, 0.2) is 18.2 Å². The van der Waals surface area contributed by atoms with Crippen LogP contribution in [0.2, 0.25) is 0 Å². The molecule has 0 aliphatic heterocycles. The summed E-state index contributed by atoms with van der Waals surface area (Å²) >= 11 is 5.58. The molecule has 0 unspecified atom stereocenters. The third-order valence-corrected chi connectivity index (χ3v) is 2.59. The molecule has 0 radical (unpaired) electrons. The van der Waals surface area contributed by atoms with E-state index in [9.17, 15) is 10.1 Å². The molecule has 0 atom stereocenters. The Bertz CT molecular complexity index is 352. The average Bonchev–Trinajstić information content (AvgIpc) is 2.25. The summed E-state index contributed by atoms with van der Waals surface area (Å²) in [6.07, 6.45) is 2.34. The van der Waals surface area contributed by atoms with Crippen molar-refractivity contribution in [3.8, 4) is 0 Å². The topological polar surface area (TPSA) is 43.1 Å². The Morgan fingerprint density at radius 1 is 1.47 bits per heavy atom. The van der Waals surface area contributed by atoms with E-state index < -0.39 is 0 Å². The van der Waals surface area contributed by atoms with E-state index in [1.807, 2.05) is 19.1 Å². The monoisotopic (exact) mass is 227 g/mol. The number of hydrogen-bond acceptors (Lipinski definition) is 2. The lowest BCUT2D eigenvalue weighted by Crippen LogP contribution is -1.96. The molecule has 15 heavy (non-hydrogen) atoms. The predicted octanol–water partition coefficient (Wildman–Crippen LogP) is 3.33. The summed E-state index contributed by atoms with van der Waals surface area (Å²) in [6.45, 7) is 1.92. The molecule has 0 saturated heterocycles. The second-order valence-electron chi connectivity index (χ2n) is 3.37. The van der Waals surface area contributed by atoms with E-state index in [4.69, 9.17) is 11.6 Å². The van der Waals surface area contributed by atoms with E-state index in [2.05, 4.69) is 0 Å². The van der Waals surface area contributed by atoms with Crippen LogP contribution in [0.1, 0.15) is 24.5 Å². The van der Waals surface area contributed by atoms with Gasteiger partial charge in [0.05, 0.1) is 4.92 Å². The summed E-state index contributed by atoms with van der Waals surface area (Å²) in [5.41, 5.74) is 2.00. The molecule has 0 aliphatic carbocycles. The van der Waals surface area contributed by atoms with Gasteiger partial charge in [0, 0.05) is 17.5 Å². The van der Waals surface area contributed by atoms with Crippen molar-refractivity contribution in [2.45, 2.75) is 26.2 Å². The molecule has 1 rings (SSSR count). The van der Waals surface area contributed by atoms with Crippen LogP contribution in [0, 0.1) is 10.1 Å². The van der Waals surface area contributed by atoms with Crippen LogP contribution in [0.3, 0.4) is 0 Å². The number of benzene rings is 1. The van der Waals surface area contributed by atoms with Gasteiger partial charge in [-0.2, -0.15) is 0 Å². The first-order chi connectivity index (χ1) is 7.19. The van der Waals surface area contributed by atoms with Gasteiger partial charge in [-0.25, -0.2) is 0 Å². The fourth-order valence-electron chi connectivity index (χ4n) is 1.50. The largest absolute Gasteiger partial charge is 0.272 e. The highest BCUT2D eigenvalue weighted by atomic mass is 35.5. The van der Waals surface area contributed by atoms with Gasteiger partial charge >= 0.3 is 0 Å². The normalized spacial score (nSPS) is 10.3. The number of nitro benzene ring substituents is 1. The molecule has 1 aromatic rings. The number of alkyl halides is 1. The fourth-order valence-corrected chi connectivity index (χ4v) is 1.64. The molecule has 3 nitrogen and oxygen atoms in total. The van der Waals surface area contributed by atoms with Crippen molar-refractivity contribution in [3.63, 3.8) is 0 Å². The first-order valence-electron chi connectivity index (χ1n) is 5.01. The lowest BCUT2D eigenvalue weighted by molar-refractivity contribution is -0.385. The molecule has 0 heterocycles. The van der Waals surface area contributed by atoms with E-state index in [1.54, 1.807) is 6.07 Å². The van der Waals surface area contributed by atoms with Crippen LogP contribution in [0.25, 0.3) is 0 Å². The van der Waals surface area contributed by atoms with Gasteiger partial charge in [0.15, 0.2) is 0 Å². The highest BCUT2D eigenvalue weighted by molar-refractivity contribution is 6.17. The van der Waals surface area contributed by atoms with Gasteiger partial charge in [0.25, 0.3) is 5.69 Å². The van der Waals surface area contributed by atoms with Crippen molar-refractivity contribution < 1.29 is 4.92 Å². The maximum atomic E-state index is 10.8. The summed E-state index contributed by atoms with van der Waals surface area (Å²) in [5, 5.41) is 10.8. The summed E-state index contributed by atoms with van der Waals surface area (Å²) in [4.78, 5) is 10.5. The number of aryl methyl sites for hydroxylation is 2. The highest BCUT2D eigenvalue weighted by Gasteiger charge is 2.12. The Hall–Kier alpha value is -1.09. The zero-order valence-corrected chi connectivity index (χ0v) is 9.46. The zero-order chi connectivity index (χ0) is 11.3. The maximum Gasteiger partial charge on any atom is 0.272 e. The summed E-state index contributed by atoms with van der Waals surface area (Å²) < 4.78 is 0. The molecular weight excluding hydrogens is 214 g/mol. The van der Waals surface area contributed by atoms with Crippen molar-refractivity contribution in [3.05, 3.63) is 39.4 Å². The van der Waals surface area contributed by atoms with Crippen LogP contribution >= 0.6 is 11.6 Å². The van der Waals surface area contributed by atoms with Gasteiger partial charge in [0.1, 0.15) is 0 Å². The van der Waals surface area contributed by atoms with E-state index in [0.717, 1.165) is 24.0 Å². The number of halogens is 1. The van der Waals surface area contributed by atoms with Gasteiger partial charge in [-0.1, -0.05) is 19.1 Å². The minimum atomic E-state index is -0.316. The Kier molecular flexibility index (Phi) is 4.56. The Labute approximate surface area is 94.2 Å². The molecule has 0 bridgehead atoms. The Morgan fingerprint density at radius 3 is 2.73 bits per heavy atom. The third kappa shape index (κ3) is 3.20. The standard InChI is InChI=1S/C11H14ClNO2/c1-2-10-6-5-9(4-3-7-12)8-11(10)13(14)15/h5-6,8H,2-4,7H2,1H3. The smallest absolute Gasteiger partial charge is 0.258 e. The van der Waals surface area contributed by atoms with Crippen LogP contribution in [0.5, 0.6) is 0 Å². The van der Waals surface area contributed by atoms with Crippen molar-refractivity contribution in [2.75, 3.05) is 5.88 Å². The van der Waals surface area contributed by atoms with Crippen LogP contribution < -0.4 is 0 Å². The molecule has 0 spiro atoms. The number of hydrogen-bond donors (Lipinski definition) is 0. The highest BCUT2D eigenvalue weighted by Crippen LogP contribution is 2.21. The average molecular weight is 228 g/mol. The minimum absolute atomic E-state index is 0.226. The summed E-state index contributed by atoms with van der Waals surface area (Å²) in [6, 6.07) is 5.44. The quantitative estimate of drug-likeness (QED) is 0.440. The molecule has 82 valence electrons. The van der Waals surface area contributed by atoms with Crippen molar-refractivity contribution >= 4 is 17.3 Å². The molecule has 4 heteroatoms. The molecule has 1 aromatic carbocycles. The van der Waals surface area contributed by atoms with Gasteiger partial charge in [-0.15, -0.1) is 11.6 Å². The number of rotatable bonds is 5. The first-order valence-corrected chi connectivity index (χ1v) is 5.54. The Balaban J connectivity index is 2.94. The predicted molar refractivity (Wildman–Crippen MR) is 61.5 cm³/mol. The first kappa shape index (κ1) is 12.0. The van der Waals surface area contributed by atoms with Gasteiger partial charge in [0.2, 0.25) is 0 Å². The SMILES string of the molecule is CCc1ccc(CCCCl)cc1[N+](=O)[O-]. The van der Waals surface area contributed by atoms with Gasteiger partial charge < -0.3 is 0 Å². The van der Waals surface area contributed by atoms with Crippen LogP contribution in [-0.2, 0) is 12.8 Å². The third-order valence-electron chi connectivity index (χ3n) is 2.33. The van der Waals surface area contributed by atoms with Gasteiger partial charge in [-0.3, -0.25) is 10.1 Å². The van der Waals surface area contributed by atoms with E-state index in [1.165, 1.54) is 0 Å². The van der Waals surface area contributed by atoms with E-state index >= 15 is 0 Å². The lowest BCUT2D eigenvalue weighted by Gasteiger charge is -2.03. The number of nitrogens with zero attached hydrogens (tertiary/aromatic N) is 1. The maximum absolute atomic E-state index is 10.8. The van der Waals surface area contributed by atoms with Crippen molar-refractivity contribution in [1.29, 1.82) is 0 Å². The van der Waals surface area contributed by atoms with Crippen molar-refractivity contribution in [1.82, 2.24) is 0 Å². The second-order valence-corrected chi connectivity index (χ2v) is 3.74. The number of nitro groups is 1. The van der Waals surface area contributed by atoms with E-state index in [-0.39, 0.29) is 10.6 Å². The molecule has 0 fully saturated rings. The summed E-state index contributed by atoms with van der Waals surface area (Å²) in [7, 11) is 0. The lowest BCUT2D eigenvalue weighted by atomic mass is 10.0. The van der Waals surface area contributed by atoms with Crippen LogP contribution in [0.4, 0.5) is 5.69 Å². The molecule has 0 aromatic heterocycles. The molecule has 0 N–H and O–H groups in total.